The maximum Gasteiger partial charge on any atom is 0.326 e. The molecule has 6 nitrogen and oxygen atoms in total. The number of carboxylic acid groups (broad SMARTS) is 1. The van der Waals surface area contributed by atoms with Gasteiger partial charge in [0, 0.05) is 6.54 Å². The summed E-state index contributed by atoms with van der Waals surface area (Å²) in [6.07, 6.45) is 2.45. The van der Waals surface area contributed by atoms with Crippen molar-refractivity contribution in [1.82, 2.24) is 4.90 Å². The molecular weight excluding hydrogens is 214 g/mol. The van der Waals surface area contributed by atoms with E-state index in [0.29, 0.717) is 32.6 Å². The summed E-state index contributed by atoms with van der Waals surface area (Å²) >= 11 is 0. The van der Waals surface area contributed by atoms with E-state index in [1.165, 1.54) is 11.2 Å². The minimum absolute atomic E-state index is 0.0967. The zero-order valence-corrected chi connectivity index (χ0v) is 8.72. The topological polar surface area (TPSA) is 76.1 Å². The molecule has 1 N–H and O–H groups in total. The van der Waals surface area contributed by atoms with Gasteiger partial charge in [0.2, 0.25) is 5.76 Å². The fourth-order valence-corrected chi connectivity index (χ4v) is 1.89. The van der Waals surface area contributed by atoms with Crippen LogP contribution in [-0.4, -0.2) is 47.7 Å². The Morgan fingerprint density at radius 3 is 2.88 bits per heavy atom. The third-order valence-electron chi connectivity index (χ3n) is 2.66. The first-order valence-corrected chi connectivity index (χ1v) is 5.18. The Labute approximate surface area is 92.4 Å². The lowest BCUT2D eigenvalue weighted by Crippen LogP contribution is -2.42. The van der Waals surface area contributed by atoms with Crippen LogP contribution in [0.25, 0.3) is 0 Å². The maximum atomic E-state index is 11.9. The van der Waals surface area contributed by atoms with Crippen molar-refractivity contribution in [2.24, 2.45) is 0 Å². The summed E-state index contributed by atoms with van der Waals surface area (Å²) < 4.78 is 10.1. The number of hydrogen-bond donors (Lipinski definition) is 1. The molecule has 88 valence electrons. The van der Waals surface area contributed by atoms with E-state index in [0.717, 1.165) is 0 Å². The molecule has 2 heterocycles. The number of rotatable bonds is 2. The van der Waals surface area contributed by atoms with Gasteiger partial charge in [-0.25, -0.2) is 4.79 Å². The zero-order chi connectivity index (χ0) is 11.5. The van der Waals surface area contributed by atoms with E-state index in [1.807, 2.05) is 0 Å². The predicted molar refractivity (Wildman–Crippen MR) is 52.4 cm³/mol. The first-order chi connectivity index (χ1) is 7.70. The lowest BCUT2D eigenvalue weighted by Gasteiger charge is -2.23. The Kier molecular flexibility index (Phi) is 2.98. The number of hydrogen-bond acceptors (Lipinski definition) is 4. The van der Waals surface area contributed by atoms with Crippen LogP contribution >= 0.6 is 0 Å². The summed E-state index contributed by atoms with van der Waals surface area (Å²) in [6.45, 7) is 1.19. The van der Waals surface area contributed by atoms with Crippen LogP contribution in [0.4, 0.5) is 0 Å². The van der Waals surface area contributed by atoms with Crippen molar-refractivity contribution in [3.8, 4) is 0 Å². The van der Waals surface area contributed by atoms with Gasteiger partial charge in [0.15, 0.2) is 0 Å². The quantitative estimate of drug-likeness (QED) is 0.715. The van der Waals surface area contributed by atoms with Crippen LogP contribution in [0.15, 0.2) is 12.0 Å². The van der Waals surface area contributed by atoms with E-state index in [2.05, 4.69) is 0 Å². The molecule has 2 aliphatic rings. The van der Waals surface area contributed by atoms with Gasteiger partial charge >= 0.3 is 5.97 Å². The molecule has 0 spiro atoms. The molecular formula is C10H13NO5. The van der Waals surface area contributed by atoms with Crippen molar-refractivity contribution in [1.29, 1.82) is 0 Å². The van der Waals surface area contributed by atoms with Crippen molar-refractivity contribution >= 4 is 11.9 Å². The second kappa shape index (κ2) is 4.42. The largest absolute Gasteiger partial charge is 0.494 e. The van der Waals surface area contributed by atoms with E-state index >= 15 is 0 Å². The van der Waals surface area contributed by atoms with E-state index in [1.54, 1.807) is 0 Å². The van der Waals surface area contributed by atoms with Crippen molar-refractivity contribution in [2.75, 3.05) is 19.8 Å². The molecule has 1 amide bonds. The SMILES string of the molecule is O=C(O)[C@H]1CCCN1C(=O)C1=COCCO1. The third-order valence-corrected chi connectivity index (χ3v) is 2.66. The van der Waals surface area contributed by atoms with Crippen LogP contribution in [-0.2, 0) is 19.1 Å². The highest BCUT2D eigenvalue weighted by Gasteiger charge is 2.36. The van der Waals surface area contributed by atoms with Gasteiger partial charge in [0.1, 0.15) is 25.5 Å². The number of ether oxygens (including phenoxy) is 2. The molecule has 0 aromatic rings. The molecule has 0 aromatic carbocycles. The number of aliphatic carboxylic acids is 1. The molecule has 0 aliphatic carbocycles. The van der Waals surface area contributed by atoms with Crippen LogP contribution in [0.2, 0.25) is 0 Å². The monoisotopic (exact) mass is 227 g/mol. The molecule has 2 rings (SSSR count). The van der Waals surface area contributed by atoms with Gasteiger partial charge in [0.25, 0.3) is 5.91 Å². The summed E-state index contributed by atoms with van der Waals surface area (Å²) in [5.41, 5.74) is 0. The molecule has 0 saturated carbocycles. The van der Waals surface area contributed by atoms with Crippen LogP contribution in [0.1, 0.15) is 12.8 Å². The standard InChI is InChI=1S/C10H13NO5/c12-9(8-6-15-4-5-16-8)11-3-1-2-7(11)10(13)14/h6-7H,1-5H2,(H,13,14)/t7-/m1/s1. The lowest BCUT2D eigenvalue weighted by atomic mass is 10.2. The summed E-state index contributed by atoms with van der Waals surface area (Å²) in [7, 11) is 0. The lowest BCUT2D eigenvalue weighted by molar-refractivity contribution is -0.148. The van der Waals surface area contributed by atoms with Crippen LogP contribution in [0.3, 0.4) is 0 Å². The third kappa shape index (κ3) is 1.95. The molecule has 1 saturated heterocycles. The Balaban J connectivity index is 2.08. The summed E-state index contributed by atoms with van der Waals surface area (Å²) in [4.78, 5) is 24.1. The van der Waals surface area contributed by atoms with Crippen LogP contribution in [0, 0.1) is 0 Å². The summed E-state index contributed by atoms with van der Waals surface area (Å²) in [5, 5.41) is 8.95. The molecule has 0 aromatic heterocycles. The molecule has 16 heavy (non-hydrogen) atoms. The summed E-state index contributed by atoms with van der Waals surface area (Å²) in [6, 6.07) is -0.737. The first kappa shape index (κ1) is 10.8. The Bertz CT molecular complexity index is 338. The second-order valence-corrected chi connectivity index (χ2v) is 3.70. The van der Waals surface area contributed by atoms with Crippen molar-refractivity contribution in [3.63, 3.8) is 0 Å². The highest BCUT2D eigenvalue weighted by Crippen LogP contribution is 2.21. The van der Waals surface area contributed by atoms with Gasteiger partial charge in [-0.05, 0) is 12.8 Å². The summed E-state index contributed by atoms with van der Waals surface area (Å²) in [5.74, 6) is -1.27. The molecule has 0 bridgehead atoms. The van der Waals surface area contributed by atoms with Crippen molar-refractivity contribution < 1.29 is 24.2 Å². The van der Waals surface area contributed by atoms with Gasteiger partial charge in [-0.3, -0.25) is 4.79 Å². The number of carbonyl (C=O) groups is 2. The van der Waals surface area contributed by atoms with Gasteiger partial charge in [-0.1, -0.05) is 0 Å². The molecule has 0 unspecified atom stereocenters. The van der Waals surface area contributed by atoms with Crippen LogP contribution < -0.4 is 0 Å². The predicted octanol–water partition coefficient (Wildman–Crippen LogP) is -0.0498. The minimum Gasteiger partial charge on any atom is -0.494 e. The average molecular weight is 227 g/mol. The fraction of sp³-hybridized carbons (Fsp3) is 0.600. The van der Waals surface area contributed by atoms with Gasteiger partial charge in [-0.2, -0.15) is 0 Å². The van der Waals surface area contributed by atoms with E-state index in [4.69, 9.17) is 14.6 Å². The van der Waals surface area contributed by atoms with E-state index < -0.39 is 17.9 Å². The normalized spacial score (nSPS) is 24.4. The number of amides is 1. The van der Waals surface area contributed by atoms with Gasteiger partial charge in [0.05, 0.1) is 0 Å². The Morgan fingerprint density at radius 2 is 2.25 bits per heavy atom. The highest BCUT2D eigenvalue weighted by atomic mass is 16.6. The number of carbonyl (C=O) groups excluding carboxylic acids is 1. The molecule has 1 fully saturated rings. The second-order valence-electron chi connectivity index (χ2n) is 3.70. The van der Waals surface area contributed by atoms with Crippen molar-refractivity contribution in [2.45, 2.75) is 18.9 Å². The highest BCUT2D eigenvalue weighted by molar-refractivity contribution is 5.94. The number of carboxylic acids is 1. The fourth-order valence-electron chi connectivity index (χ4n) is 1.89. The number of likely N-dealkylation sites (tertiary alicyclic amines) is 1. The Morgan fingerprint density at radius 1 is 1.44 bits per heavy atom. The molecule has 1 atom stereocenters. The van der Waals surface area contributed by atoms with Gasteiger partial charge < -0.3 is 19.5 Å². The molecule has 2 aliphatic heterocycles. The molecule has 6 heteroatoms. The smallest absolute Gasteiger partial charge is 0.326 e. The Hall–Kier alpha value is -1.72. The van der Waals surface area contributed by atoms with E-state index in [-0.39, 0.29) is 5.76 Å². The number of nitrogens with zero attached hydrogens (tertiary/aromatic N) is 1. The first-order valence-electron chi connectivity index (χ1n) is 5.18. The molecule has 0 radical (unpaired) electrons. The average Bonchev–Trinajstić information content (AvgIpc) is 2.78. The van der Waals surface area contributed by atoms with E-state index in [9.17, 15) is 9.59 Å². The zero-order valence-electron chi connectivity index (χ0n) is 8.72. The van der Waals surface area contributed by atoms with Crippen molar-refractivity contribution in [3.05, 3.63) is 12.0 Å². The maximum absolute atomic E-state index is 11.9. The minimum atomic E-state index is -0.969. The van der Waals surface area contributed by atoms with Crippen LogP contribution in [0.5, 0.6) is 0 Å². The van der Waals surface area contributed by atoms with Gasteiger partial charge in [-0.15, -0.1) is 0 Å².